The van der Waals surface area contributed by atoms with Crippen LogP contribution >= 0.6 is 0 Å². The zero-order valence-corrected chi connectivity index (χ0v) is 16.0. The van der Waals surface area contributed by atoms with Crippen molar-refractivity contribution >= 4 is 11.0 Å². The average Bonchev–Trinajstić information content (AvgIpc) is 2.61. The third-order valence-corrected chi connectivity index (χ3v) is 4.52. The number of fused-ring (bicyclic) bond motifs is 1. The van der Waals surface area contributed by atoms with Crippen molar-refractivity contribution in [3.63, 3.8) is 0 Å². The maximum Gasteiger partial charge on any atom is 0.336 e. The standard InChI is InChI=1S/C23H26O3/c1-5-9-18-20(25-15-16-10-7-6-8-11-16)13-12-17-19(23(2,3)4)14-21(24)26-22(17)18/h6-8,10-14H,5,9,15H2,1-4H3. The molecule has 0 aliphatic heterocycles. The van der Waals surface area contributed by atoms with E-state index >= 15 is 0 Å². The van der Waals surface area contributed by atoms with E-state index in [0.29, 0.717) is 12.2 Å². The molecule has 0 bridgehead atoms. The van der Waals surface area contributed by atoms with E-state index in [1.807, 2.05) is 42.5 Å². The lowest BCUT2D eigenvalue weighted by Gasteiger charge is -2.22. The lowest BCUT2D eigenvalue weighted by Crippen LogP contribution is -2.16. The minimum Gasteiger partial charge on any atom is -0.488 e. The number of rotatable bonds is 5. The molecule has 3 rings (SSSR count). The Hall–Kier alpha value is -2.55. The molecule has 0 saturated carbocycles. The van der Waals surface area contributed by atoms with Gasteiger partial charge in [-0.15, -0.1) is 0 Å². The predicted molar refractivity (Wildman–Crippen MR) is 106 cm³/mol. The van der Waals surface area contributed by atoms with Crippen LogP contribution in [0.2, 0.25) is 0 Å². The maximum absolute atomic E-state index is 12.2. The van der Waals surface area contributed by atoms with Crippen LogP contribution in [0.15, 0.2) is 57.7 Å². The minimum absolute atomic E-state index is 0.135. The highest BCUT2D eigenvalue weighted by Gasteiger charge is 2.21. The molecule has 136 valence electrons. The van der Waals surface area contributed by atoms with Crippen molar-refractivity contribution in [1.29, 1.82) is 0 Å². The summed E-state index contributed by atoms with van der Waals surface area (Å²) in [5, 5.41) is 0.993. The summed E-state index contributed by atoms with van der Waals surface area (Å²) < 4.78 is 11.7. The number of aryl methyl sites for hydroxylation is 1. The first-order valence-corrected chi connectivity index (χ1v) is 9.17. The van der Waals surface area contributed by atoms with Gasteiger partial charge in [0, 0.05) is 17.0 Å². The van der Waals surface area contributed by atoms with Gasteiger partial charge in [0.1, 0.15) is 17.9 Å². The fourth-order valence-electron chi connectivity index (χ4n) is 3.24. The SMILES string of the molecule is CCCc1c(OCc2ccccc2)ccc2c(C(C)(C)C)cc(=O)oc12. The Kier molecular flexibility index (Phi) is 5.17. The Morgan fingerprint density at radius 1 is 1.04 bits per heavy atom. The van der Waals surface area contributed by atoms with E-state index in [0.717, 1.165) is 40.7 Å². The number of ether oxygens (including phenoxy) is 1. The van der Waals surface area contributed by atoms with Crippen molar-refractivity contribution in [2.24, 2.45) is 0 Å². The third kappa shape index (κ3) is 3.82. The van der Waals surface area contributed by atoms with Gasteiger partial charge in [-0.3, -0.25) is 0 Å². The van der Waals surface area contributed by atoms with Crippen LogP contribution in [0.5, 0.6) is 5.75 Å². The van der Waals surface area contributed by atoms with Gasteiger partial charge in [0.25, 0.3) is 0 Å². The molecule has 3 aromatic rings. The zero-order valence-electron chi connectivity index (χ0n) is 16.0. The van der Waals surface area contributed by atoms with Crippen molar-refractivity contribution in [3.8, 4) is 5.75 Å². The molecule has 0 aliphatic rings. The molecule has 3 heteroatoms. The largest absolute Gasteiger partial charge is 0.488 e. The van der Waals surface area contributed by atoms with Crippen molar-refractivity contribution < 1.29 is 9.15 Å². The van der Waals surface area contributed by atoms with Crippen molar-refractivity contribution in [2.75, 3.05) is 0 Å². The van der Waals surface area contributed by atoms with E-state index in [2.05, 4.69) is 27.7 Å². The highest BCUT2D eigenvalue weighted by atomic mass is 16.5. The summed E-state index contributed by atoms with van der Waals surface area (Å²) in [4.78, 5) is 12.2. The minimum atomic E-state index is -0.306. The van der Waals surface area contributed by atoms with Crippen LogP contribution in [0.1, 0.15) is 50.8 Å². The molecule has 0 spiro atoms. The van der Waals surface area contributed by atoms with Gasteiger partial charge in [0.15, 0.2) is 0 Å². The van der Waals surface area contributed by atoms with Gasteiger partial charge in [-0.1, -0.05) is 64.4 Å². The Balaban J connectivity index is 2.10. The van der Waals surface area contributed by atoms with E-state index < -0.39 is 0 Å². The van der Waals surface area contributed by atoms with Crippen LogP contribution in [-0.4, -0.2) is 0 Å². The quantitative estimate of drug-likeness (QED) is 0.560. The fourth-order valence-corrected chi connectivity index (χ4v) is 3.24. The Morgan fingerprint density at radius 2 is 1.77 bits per heavy atom. The Bertz CT molecular complexity index is 947. The summed E-state index contributed by atoms with van der Waals surface area (Å²) >= 11 is 0. The van der Waals surface area contributed by atoms with Gasteiger partial charge < -0.3 is 9.15 Å². The van der Waals surface area contributed by atoms with Gasteiger partial charge in [0.05, 0.1) is 0 Å². The maximum atomic E-state index is 12.2. The lowest BCUT2D eigenvalue weighted by molar-refractivity contribution is 0.302. The topological polar surface area (TPSA) is 39.4 Å². The summed E-state index contributed by atoms with van der Waals surface area (Å²) in [6.45, 7) is 8.94. The summed E-state index contributed by atoms with van der Waals surface area (Å²) in [6, 6.07) is 15.7. The molecule has 0 atom stereocenters. The van der Waals surface area contributed by atoms with E-state index in [1.54, 1.807) is 6.07 Å². The first-order chi connectivity index (χ1) is 12.4. The molecule has 0 fully saturated rings. The van der Waals surface area contributed by atoms with Crippen molar-refractivity contribution in [3.05, 3.63) is 75.6 Å². The predicted octanol–water partition coefficient (Wildman–Crippen LogP) is 5.62. The van der Waals surface area contributed by atoms with Gasteiger partial charge in [-0.2, -0.15) is 0 Å². The zero-order chi connectivity index (χ0) is 18.7. The summed E-state index contributed by atoms with van der Waals surface area (Å²) in [7, 11) is 0. The third-order valence-electron chi connectivity index (χ3n) is 4.52. The average molecular weight is 350 g/mol. The molecule has 0 radical (unpaired) electrons. The molecule has 26 heavy (non-hydrogen) atoms. The number of hydrogen-bond acceptors (Lipinski definition) is 3. The Labute approximate surface area is 154 Å². The molecule has 0 amide bonds. The number of benzene rings is 2. The van der Waals surface area contributed by atoms with Crippen LogP contribution in [-0.2, 0) is 18.4 Å². The number of hydrogen-bond donors (Lipinski definition) is 0. The monoisotopic (exact) mass is 350 g/mol. The smallest absolute Gasteiger partial charge is 0.336 e. The van der Waals surface area contributed by atoms with E-state index in [1.165, 1.54) is 0 Å². The molecule has 2 aromatic carbocycles. The summed E-state index contributed by atoms with van der Waals surface area (Å²) in [5.74, 6) is 0.789. The van der Waals surface area contributed by atoms with Crippen LogP contribution < -0.4 is 10.4 Å². The van der Waals surface area contributed by atoms with Gasteiger partial charge in [-0.25, -0.2) is 4.79 Å². The summed E-state index contributed by atoms with van der Waals surface area (Å²) in [6.07, 6.45) is 1.75. The molecule has 0 unspecified atom stereocenters. The molecule has 0 aliphatic carbocycles. The molecule has 1 heterocycles. The van der Waals surface area contributed by atoms with Gasteiger partial charge >= 0.3 is 5.63 Å². The normalized spacial score (nSPS) is 11.7. The van der Waals surface area contributed by atoms with Crippen molar-refractivity contribution in [1.82, 2.24) is 0 Å². The van der Waals surface area contributed by atoms with Gasteiger partial charge in [0.2, 0.25) is 0 Å². The molecule has 3 nitrogen and oxygen atoms in total. The van der Waals surface area contributed by atoms with E-state index in [9.17, 15) is 4.79 Å². The van der Waals surface area contributed by atoms with Crippen LogP contribution in [0.3, 0.4) is 0 Å². The lowest BCUT2D eigenvalue weighted by atomic mass is 9.84. The first-order valence-electron chi connectivity index (χ1n) is 9.17. The second-order valence-electron chi connectivity index (χ2n) is 7.67. The highest BCUT2D eigenvalue weighted by molar-refractivity contribution is 5.86. The molecule has 1 aromatic heterocycles. The first kappa shape index (κ1) is 18.2. The fraction of sp³-hybridized carbons (Fsp3) is 0.348. The van der Waals surface area contributed by atoms with Crippen molar-refractivity contribution in [2.45, 2.75) is 52.6 Å². The molecule has 0 saturated heterocycles. The molecular formula is C23H26O3. The Morgan fingerprint density at radius 3 is 2.42 bits per heavy atom. The van der Waals surface area contributed by atoms with Crippen LogP contribution in [0.4, 0.5) is 0 Å². The molecule has 0 N–H and O–H groups in total. The van der Waals surface area contributed by atoms with E-state index in [4.69, 9.17) is 9.15 Å². The highest BCUT2D eigenvalue weighted by Crippen LogP contribution is 2.35. The second kappa shape index (κ2) is 7.36. The van der Waals surface area contributed by atoms with Crippen LogP contribution in [0, 0.1) is 0 Å². The molecular weight excluding hydrogens is 324 g/mol. The summed E-state index contributed by atoms with van der Waals surface area (Å²) in [5.41, 5.74) is 3.32. The second-order valence-corrected chi connectivity index (χ2v) is 7.67. The van der Waals surface area contributed by atoms with E-state index in [-0.39, 0.29) is 11.0 Å². The van der Waals surface area contributed by atoms with Crippen LogP contribution in [0.25, 0.3) is 11.0 Å². The van der Waals surface area contributed by atoms with Gasteiger partial charge in [-0.05, 0) is 35.1 Å².